The molecule has 78 valence electrons. The summed E-state index contributed by atoms with van der Waals surface area (Å²) < 4.78 is 0. The van der Waals surface area contributed by atoms with E-state index in [9.17, 15) is 4.79 Å². The van der Waals surface area contributed by atoms with E-state index in [1.807, 2.05) is 24.3 Å². The molecule has 0 aromatic heterocycles. The molecule has 0 unspecified atom stereocenters. The smallest absolute Gasteiger partial charge is 0.221 e. The highest BCUT2D eigenvalue weighted by Gasteiger charge is 2.00. The van der Waals surface area contributed by atoms with Gasteiger partial charge in [0, 0.05) is 0 Å². The molecule has 0 saturated heterocycles. The van der Waals surface area contributed by atoms with Gasteiger partial charge in [-0.05, 0) is 17.0 Å². The topological polar surface area (TPSA) is 43.1 Å². The minimum atomic E-state index is -0.280. The number of hydrogen-bond donors (Lipinski definition) is 1. The van der Waals surface area contributed by atoms with Crippen LogP contribution in [0, 0.1) is 0 Å². The van der Waals surface area contributed by atoms with E-state index in [1.54, 1.807) is 0 Å². The lowest BCUT2D eigenvalue weighted by Crippen LogP contribution is -2.13. The Morgan fingerprint density at radius 2 is 1.79 bits per heavy atom. The van der Waals surface area contributed by atoms with Crippen molar-refractivity contribution < 1.29 is 4.79 Å². The number of halogens is 1. The summed E-state index contributed by atoms with van der Waals surface area (Å²) in [6.07, 6.45) is 0.332. The number of benzene rings is 1. The van der Waals surface area contributed by atoms with E-state index in [0.717, 1.165) is 5.56 Å². The lowest BCUT2D eigenvalue weighted by molar-refractivity contribution is -0.117. The van der Waals surface area contributed by atoms with Crippen LogP contribution in [0.4, 0.5) is 0 Å². The molecule has 1 aromatic carbocycles. The van der Waals surface area contributed by atoms with Crippen molar-refractivity contribution in [3.05, 3.63) is 35.4 Å². The molecule has 0 bridgehead atoms. The van der Waals surface area contributed by atoms with Crippen molar-refractivity contribution in [1.82, 2.24) is 0 Å². The van der Waals surface area contributed by atoms with Crippen molar-refractivity contribution in [3.8, 4) is 0 Å². The first-order valence-corrected chi connectivity index (χ1v) is 4.46. The van der Waals surface area contributed by atoms with Crippen LogP contribution in [0.25, 0.3) is 0 Å². The Kier molecular flexibility index (Phi) is 5.24. The summed E-state index contributed by atoms with van der Waals surface area (Å²) >= 11 is 0. The van der Waals surface area contributed by atoms with Gasteiger partial charge in [-0.1, -0.05) is 38.1 Å². The highest BCUT2D eigenvalue weighted by atomic mass is 35.5. The summed E-state index contributed by atoms with van der Waals surface area (Å²) in [6, 6.07) is 8.01. The predicted molar refractivity (Wildman–Crippen MR) is 60.7 cm³/mol. The van der Waals surface area contributed by atoms with Crippen LogP contribution in [-0.4, -0.2) is 5.91 Å². The maximum atomic E-state index is 10.6. The van der Waals surface area contributed by atoms with Crippen molar-refractivity contribution in [2.75, 3.05) is 0 Å². The third kappa shape index (κ3) is 3.79. The van der Waals surface area contributed by atoms with Crippen LogP contribution in [0.1, 0.15) is 30.9 Å². The largest absolute Gasteiger partial charge is 0.369 e. The van der Waals surface area contributed by atoms with E-state index >= 15 is 0 Å². The van der Waals surface area contributed by atoms with Crippen LogP contribution in [0.15, 0.2) is 24.3 Å². The Bertz CT molecular complexity index is 293. The number of primary amides is 1. The fourth-order valence-corrected chi connectivity index (χ4v) is 1.22. The minimum absolute atomic E-state index is 0. The Balaban J connectivity index is 0.00000169. The first-order valence-electron chi connectivity index (χ1n) is 4.46. The van der Waals surface area contributed by atoms with Crippen molar-refractivity contribution in [3.63, 3.8) is 0 Å². The zero-order valence-electron chi connectivity index (χ0n) is 8.49. The molecule has 0 heterocycles. The van der Waals surface area contributed by atoms with Gasteiger partial charge in [0.15, 0.2) is 0 Å². The summed E-state index contributed by atoms with van der Waals surface area (Å²) in [5.41, 5.74) is 7.35. The van der Waals surface area contributed by atoms with Gasteiger partial charge in [-0.3, -0.25) is 4.79 Å². The van der Waals surface area contributed by atoms with Crippen molar-refractivity contribution >= 4 is 18.3 Å². The first kappa shape index (κ1) is 13.0. The molecule has 2 N–H and O–H groups in total. The number of nitrogens with two attached hydrogens (primary N) is 1. The van der Waals surface area contributed by atoms with Gasteiger partial charge in [0.2, 0.25) is 5.91 Å². The number of amides is 1. The van der Waals surface area contributed by atoms with Gasteiger partial charge in [0.1, 0.15) is 0 Å². The number of rotatable bonds is 3. The van der Waals surface area contributed by atoms with Crippen LogP contribution in [-0.2, 0) is 11.2 Å². The van der Waals surface area contributed by atoms with E-state index in [0.29, 0.717) is 12.3 Å². The van der Waals surface area contributed by atoms with E-state index in [2.05, 4.69) is 13.8 Å². The van der Waals surface area contributed by atoms with Crippen molar-refractivity contribution in [2.24, 2.45) is 5.73 Å². The fraction of sp³-hybridized carbons (Fsp3) is 0.364. The Morgan fingerprint density at radius 3 is 2.14 bits per heavy atom. The molecule has 1 aromatic rings. The third-order valence-electron chi connectivity index (χ3n) is 2.02. The quantitative estimate of drug-likeness (QED) is 0.823. The van der Waals surface area contributed by atoms with Crippen molar-refractivity contribution in [1.29, 1.82) is 0 Å². The molecule has 1 rings (SSSR count). The van der Waals surface area contributed by atoms with Gasteiger partial charge in [0.25, 0.3) is 0 Å². The molecule has 14 heavy (non-hydrogen) atoms. The van der Waals surface area contributed by atoms with Gasteiger partial charge in [-0.2, -0.15) is 0 Å². The lowest BCUT2D eigenvalue weighted by atomic mass is 10.0. The SMILES string of the molecule is CC(C)c1ccc(CC(N)=O)cc1.Cl. The van der Waals surface area contributed by atoms with Crippen LogP contribution in [0.3, 0.4) is 0 Å². The average Bonchev–Trinajstić information content (AvgIpc) is 2.04. The Hall–Kier alpha value is -1.02. The highest BCUT2D eigenvalue weighted by molar-refractivity contribution is 5.85. The highest BCUT2D eigenvalue weighted by Crippen LogP contribution is 2.14. The van der Waals surface area contributed by atoms with E-state index in [-0.39, 0.29) is 18.3 Å². The summed E-state index contributed by atoms with van der Waals surface area (Å²) in [5, 5.41) is 0. The second-order valence-electron chi connectivity index (χ2n) is 3.54. The second kappa shape index (κ2) is 5.66. The van der Waals surface area contributed by atoms with Gasteiger partial charge in [-0.15, -0.1) is 12.4 Å². The molecule has 0 aliphatic rings. The zero-order valence-corrected chi connectivity index (χ0v) is 9.30. The number of carbonyl (C=O) groups is 1. The molecule has 0 spiro atoms. The maximum absolute atomic E-state index is 10.6. The Morgan fingerprint density at radius 1 is 1.29 bits per heavy atom. The molecular formula is C11H16ClNO. The summed E-state index contributed by atoms with van der Waals surface area (Å²) in [7, 11) is 0. The Labute approximate surface area is 90.9 Å². The minimum Gasteiger partial charge on any atom is -0.369 e. The summed E-state index contributed by atoms with van der Waals surface area (Å²) in [4.78, 5) is 10.6. The molecule has 2 nitrogen and oxygen atoms in total. The zero-order chi connectivity index (χ0) is 9.84. The number of carbonyl (C=O) groups excluding carboxylic acids is 1. The third-order valence-corrected chi connectivity index (χ3v) is 2.02. The molecule has 0 aliphatic carbocycles. The summed E-state index contributed by atoms with van der Waals surface area (Å²) in [5.74, 6) is 0.250. The normalized spacial score (nSPS) is 9.64. The van der Waals surface area contributed by atoms with Gasteiger partial charge in [-0.25, -0.2) is 0 Å². The van der Waals surface area contributed by atoms with Crippen LogP contribution in [0.2, 0.25) is 0 Å². The summed E-state index contributed by atoms with van der Waals surface area (Å²) in [6.45, 7) is 4.28. The maximum Gasteiger partial charge on any atom is 0.221 e. The molecule has 0 atom stereocenters. The lowest BCUT2D eigenvalue weighted by Gasteiger charge is -2.05. The second-order valence-corrected chi connectivity index (χ2v) is 3.54. The van der Waals surface area contributed by atoms with Gasteiger partial charge >= 0.3 is 0 Å². The molecule has 0 radical (unpaired) electrons. The van der Waals surface area contributed by atoms with E-state index in [4.69, 9.17) is 5.73 Å². The molecule has 0 fully saturated rings. The molecule has 0 saturated carbocycles. The predicted octanol–water partition coefficient (Wildman–Crippen LogP) is 2.26. The first-order chi connectivity index (χ1) is 6.09. The van der Waals surface area contributed by atoms with Gasteiger partial charge in [0.05, 0.1) is 6.42 Å². The average molecular weight is 214 g/mol. The molecule has 0 aliphatic heterocycles. The van der Waals surface area contributed by atoms with Crippen LogP contribution >= 0.6 is 12.4 Å². The molecule has 3 heteroatoms. The monoisotopic (exact) mass is 213 g/mol. The van der Waals surface area contributed by atoms with E-state index < -0.39 is 0 Å². The standard InChI is InChI=1S/C11H15NO.ClH/c1-8(2)10-5-3-9(4-6-10)7-11(12)13;/h3-6,8H,7H2,1-2H3,(H2,12,13);1H. The van der Waals surface area contributed by atoms with Gasteiger partial charge < -0.3 is 5.73 Å². The van der Waals surface area contributed by atoms with E-state index in [1.165, 1.54) is 5.56 Å². The fourth-order valence-electron chi connectivity index (χ4n) is 1.22. The molecular weight excluding hydrogens is 198 g/mol. The number of hydrogen-bond acceptors (Lipinski definition) is 1. The van der Waals surface area contributed by atoms with Crippen LogP contribution in [0.5, 0.6) is 0 Å². The van der Waals surface area contributed by atoms with Crippen LogP contribution < -0.4 is 5.73 Å². The molecule has 1 amide bonds. The van der Waals surface area contributed by atoms with Crippen molar-refractivity contribution in [2.45, 2.75) is 26.2 Å².